The molecule has 0 aromatic carbocycles. The van der Waals surface area contributed by atoms with Crippen molar-refractivity contribution >= 4 is 17.8 Å². The Labute approximate surface area is 397 Å². The lowest BCUT2D eigenvalue weighted by Gasteiger charge is -2.37. The van der Waals surface area contributed by atoms with E-state index >= 15 is 0 Å². The molecule has 0 aromatic rings. The molecular formula is C55H107N5O4. The second kappa shape index (κ2) is 44.8. The Balaban J connectivity index is 2.81. The van der Waals surface area contributed by atoms with Crippen molar-refractivity contribution in [1.29, 1.82) is 0 Å². The minimum atomic E-state index is -0.172. The molecule has 0 bridgehead atoms. The van der Waals surface area contributed by atoms with Gasteiger partial charge in [-0.3, -0.25) is 24.2 Å². The highest BCUT2D eigenvalue weighted by atomic mass is 16.5. The number of amides is 2. The lowest BCUT2D eigenvalue weighted by atomic mass is 10.1. The number of unbranched alkanes of at least 4 members (excludes halogenated alkanes) is 24. The zero-order chi connectivity index (χ0) is 46.6. The van der Waals surface area contributed by atoms with Crippen molar-refractivity contribution in [3.8, 4) is 0 Å². The number of allylic oxidation sites excluding steroid dienone is 1. The summed E-state index contributed by atoms with van der Waals surface area (Å²) in [6.45, 7) is 21.7. The van der Waals surface area contributed by atoms with E-state index in [1.807, 2.05) is 22.0 Å². The van der Waals surface area contributed by atoms with Gasteiger partial charge in [0.1, 0.15) is 6.61 Å². The van der Waals surface area contributed by atoms with Crippen molar-refractivity contribution in [3.63, 3.8) is 0 Å². The molecule has 9 nitrogen and oxygen atoms in total. The normalized spacial score (nSPS) is 13.4. The lowest BCUT2D eigenvalue weighted by Crippen LogP contribution is -2.54. The van der Waals surface area contributed by atoms with E-state index < -0.39 is 0 Å². The van der Waals surface area contributed by atoms with E-state index in [0.29, 0.717) is 65.3 Å². The molecule has 1 aliphatic heterocycles. The first-order valence-electron chi connectivity index (χ1n) is 27.9. The topological polar surface area (TPSA) is 76.6 Å². The van der Waals surface area contributed by atoms with Crippen LogP contribution in [0.1, 0.15) is 234 Å². The van der Waals surface area contributed by atoms with Crippen LogP contribution in [0.4, 0.5) is 0 Å². The van der Waals surface area contributed by atoms with Gasteiger partial charge >= 0.3 is 5.97 Å². The number of hydrogen-bond donors (Lipinski definition) is 0. The van der Waals surface area contributed by atoms with Gasteiger partial charge in [-0.25, -0.2) is 0 Å². The molecule has 0 unspecified atom stereocenters. The van der Waals surface area contributed by atoms with E-state index in [4.69, 9.17) is 4.74 Å². The zero-order valence-corrected chi connectivity index (χ0v) is 43.3. The van der Waals surface area contributed by atoms with Crippen molar-refractivity contribution < 1.29 is 19.1 Å². The van der Waals surface area contributed by atoms with Gasteiger partial charge in [0.05, 0.1) is 13.1 Å². The Morgan fingerprint density at radius 2 is 0.703 bits per heavy atom. The van der Waals surface area contributed by atoms with Gasteiger partial charge in [0, 0.05) is 45.7 Å². The minimum absolute atomic E-state index is 0.143. The molecule has 1 saturated heterocycles. The number of ether oxygens (including phenoxy) is 1. The average molecular weight is 902 g/mol. The average Bonchev–Trinajstić information content (AvgIpc) is 3.30. The fraction of sp³-hybridized carbons (Fsp3) is 0.909. The van der Waals surface area contributed by atoms with Gasteiger partial charge in [0.15, 0.2) is 0 Å². The second-order valence-electron chi connectivity index (χ2n) is 19.3. The quantitative estimate of drug-likeness (QED) is 0.0342. The Bertz CT molecular complexity index is 1080. The molecule has 0 spiro atoms. The summed E-state index contributed by atoms with van der Waals surface area (Å²) in [6.07, 6.45) is 42.3. The molecule has 0 aliphatic carbocycles. The second-order valence-corrected chi connectivity index (χ2v) is 19.3. The molecule has 376 valence electrons. The van der Waals surface area contributed by atoms with Gasteiger partial charge in [-0.05, 0) is 71.2 Å². The van der Waals surface area contributed by atoms with Crippen LogP contribution in [-0.2, 0) is 19.1 Å². The summed E-state index contributed by atoms with van der Waals surface area (Å²) in [6, 6.07) is 0. The van der Waals surface area contributed by atoms with Crippen LogP contribution in [0.3, 0.4) is 0 Å². The monoisotopic (exact) mass is 902 g/mol. The third-order valence-corrected chi connectivity index (χ3v) is 13.3. The molecule has 0 radical (unpaired) electrons. The van der Waals surface area contributed by atoms with Crippen molar-refractivity contribution in [2.24, 2.45) is 0 Å². The predicted molar refractivity (Wildman–Crippen MR) is 274 cm³/mol. The van der Waals surface area contributed by atoms with Crippen LogP contribution >= 0.6 is 0 Å². The first-order valence-corrected chi connectivity index (χ1v) is 27.9. The highest BCUT2D eigenvalue weighted by molar-refractivity contribution is 5.80. The largest absolute Gasteiger partial charge is 0.461 e. The number of hydrogen-bond acceptors (Lipinski definition) is 7. The van der Waals surface area contributed by atoms with Crippen LogP contribution in [-0.4, -0.2) is 134 Å². The molecule has 1 rings (SSSR count). The molecular weight excluding hydrogens is 795 g/mol. The maximum Gasteiger partial charge on any atom is 0.306 e. The number of nitrogens with zero attached hydrogens (tertiary/aromatic N) is 5. The fourth-order valence-corrected chi connectivity index (χ4v) is 9.01. The van der Waals surface area contributed by atoms with E-state index in [1.54, 1.807) is 0 Å². The number of carbonyl (C=O) groups excluding carboxylic acids is 3. The van der Waals surface area contributed by atoms with Gasteiger partial charge in [-0.15, -0.1) is 0 Å². The van der Waals surface area contributed by atoms with Gasteiger partial charge in [0.2, 0.25) is 11.8 Å². The maximum atomic E-state index is 14.0. The van der Waals surface area contributed by atoms with E-state index in [9.17, 15) is 14.4 Å². The molecule has 0 aromatic heterocycles. The molecule has 0 saturated carbocycles. The van der Waals surface area contributed by atoms with Gasteiger partial charge in [0.25, 0.3) is 0 Å². The van der Waals surface area contributed by atoms with E-state index in [0.717, 1.165) is 45.4 Å². The summed E-state index contributed by atoms with van der Waals surface area (Å²) in [5.41, 5.74) is 0. The smallest absolute Gasteiger partial charge is 0.306 e. The Hall–Kier alpha value is -1.97. The predicted octanol–water partition coefficient (Wildman–Crippen LogP) is 12.9. The Morgan fingerprint density at radius 1 is 0.391 bits per heavy atom. The first-order chi connectivity index (χ1) is 31.4. The zero-order valence-electron chi connectivity index (χ0n) is 43.3. The Kier molecular flexibility index (Phi) is 42.1. The van der Waals surface area contributed by atoms with Crippen LogP contribution in [0.2, 0.25) is 0 Å². The summed E-state index contributed by atoms with van der Waals surface area (Å²) < 4.78 is 5.37. The number of carbonyl (C=O) groups is 3. The summed E-state index contributed by atoms with van der Waals surface area (Å²) >= 11 is 0. The van der Waals surface area contributed by atoms with Crippen LogP contribution in [0.25, 0.3) is 0 Å². The van der Waals surface area contributed by atoms with Crippen molar-refractivity contribution in [2.75, 3.05) is 91.7 Å². The first kappa shape index (κ1) is 60.0. The molecule has 64 heavy (non-hydrogen) atoms. The van der Waals surface area contributed by atoms with E-state index in [-0.39, 0.29) is 17.8 Å². The third kappa shape index (κ3) is 35.3. The highest BCUT2D eigenvalue weighted by Crippen LogP contribution is 2.14. The van der Waals surface area contributed by atoms with E-state index in [2.05, 4.69) is 49.3 Å². The summed E-state index contributed by atoms with van der Waals surface area (Å²) in [7, 11) is 0. The van der Waals surface area contributed by atoms with Gasteiger partial charge < -0.3 is 19.4 Å². The van der Waals surface area contributed by atoms with Gasteiger partial charge in [-0.1, -0.05) is 201 Å². The lowest BCUT2D eigenvalue weighted by molar-refractivity contribution is -0.142. The van der Waals surface area contributed by atoms with Crippen LogP contribution in [0.15, 0.2) is 12.2 Å². The molecule has 1 heterocycles. The summed E-state index contributed by atoms with van der Waals surface area (Å²) in [4.78, 5) is 51.5. The fourth-order valence-electron chi connectivity index (χ4n) is 9.01. The molecule has 0 N–H and O–H groups in total. The van der Waals surface area contributed by atoms with Crippen LogP contribution < -0.4 is 0 Å². The molecule has 9 heteroatoms. The minimum Gasteiger partial charge on any atom is -0.461 e. The SMILES string of the molecule is CC/C=C\COC(=O)CCCN(CCCCCCCCC)CC(=O)N1CCN(C(=O)CN(CCCCCCCCC)CCN(CCCCCCCCC)CCCCCCCCC)CC1. The molecule has 1 aliphatic rings. The summed E-state index contributed by atoms with van der Waals surface area (Å²) in [5, 5.41) is 0. The van der Waals surface area contributed by atoms with Crippen molar-refractivity contribution in [2.45, 2.75) is 234 Å². The van der Waals surface area contributed by atoms with Gasteiger partial charge in [-0.2, -0.15) is 0 Å². The molecule has 2 amide bonds. The van der Waals surface area contributed by atoms with E-state index in [1.165, 1.54) is 180 Å². The number of rotatable bonds is 46. The third-order valence-electron chi connectivity index (χ3n) is 13.3. The standard InChI is InChI=1S/C55H107N5O4/c1-6-11-16-20-24-28-32-39-56(40-33-29-25-21-17-12-7-2)44-45-58(42-35-31-27-23-19-14-9-4)52-54(62)60-48-46-59(47-49-60)53(61)51-57(41-34-30-26-22-18-13-8-3)43-37-38-55(63)64-50-36-15-10-5/h15,36H,6-14,16-35,37-52H2,1-5H3/b36-15-. The maximum absolute atomic E-state index is 14.0. The molecule has 0 atom stereocenters. The van der Waals surface area contributed by atoms with Crippen LogP contribution in [0.5, 0.6) is 0 Å². The van der Waals surface area contributed by atoms with Crippen molar-refractivity contribution in [3.05, 3.63) is 12.2 Å². The highest BCUT2D eigenvalue weighted by Gasteiger charge is 2.26. The number of piperazine rings is 1. The molecule has 1 fully saturated rings. The van der Waals surface area contributed by atoms with Crippen LogP contribution in [0, 0.1) is 0 Å². The van der Waals surface area contributed by atoms with Crippen molar-refractivity contribution in [1.82, 2.24) is 24.5 Å². The number of esters is 1. The Morgan fingerprint density at radius 3 is 1.08 bits per heavy atom. The summed E-state index contributed by atoms with van der Waals surface area (Å²) in [5.74, 6) is 0.192.